The maximum absolute atomic E-state index is 10.0. The van der Waals surface area contributed by atoms with E-state index in [2.05, 4.69) is 16.3 Å². The predicted molar refractivity (Wildman–Crippen MR) is 48.6 cm³/mol. The van der Waals surface area contributed by atoms with Crippen molar-refractivity contribution in [1.29, 1.82) is 0 Å². The summed E-state index contributed by atoms with van der Waals surface area (Å²) in [7, 11) is 1.31. The van der Waals surface area contributed by atoms with Gasteiger partial charge in [0.15, 0.2) is 0 Å². The van der Waals surface area contributed by atoms with Crippen LogP contribution < -0.4 is 0 Å². The number of aliphatic imine (C=N–C) groups is 1. The Bertz CT molecular complexity index is 211. The summed E-state index contributed by atoms with van der Waals surface area (Å²) in [4.78, 5) is 23.3. The van der Waals surface area contributed by atoms with E-state index in [1.54, 1.807) is 6.21 Å². The molecule has 0 aromatic rings. The molecule has 0 aromatic heterocycles. The number of nitrogens with zero attached hydrogens (tertiary/aromatic N) is 1. The molecule has 0 N–H and O–H groups in total. The van der Waals surface area contributed by atoms with E-state index in [0.717, 1.165) is 11.8 Å². The van der Waals surface area contributed by atoms with Crippen LogP contribution in [0.5, 0.6) is 0 Å². The SMILES string of the molecule is C=CC(=O)OC.O=C1N=CCS1. The van der Waals surface area contributed by atoms with Crippen molar-refractivity contribution in [1.82, 2.24) is 0 Å². The standard InChI is InChI=1S/C4H6O2.C3H3NOS/c1-3-4(5)6-2;5-3-4-1-2-6-3/h3H,1H2,2H3;1H,2H2. The van der Waals surface area contributed by atoms with Gasteiger partial charge in [-0.15, -0.1) is 0 Å². The molecule has 66 valence electrons. The maximum Gasteiger partial charge on any atom is 0.329 e. The van der Waals surface area contributed by atoms with Crippen LogP contribution in [0.15, 0.2) is 17.6 Å². The van der Waals surface area contributed by atoms with Crippen LogP contribution in [0.1, 0.15) is 0 Å². The molecule has 0 fully saturated rings. The van der Waals surface area contributed by atoms with Gasteiger partial charge in [0, 0.05) is 18.0 Å². The maximum atomic E-state index is 10.0. The molecule has 12 heavy (non-hydrogen) atoms. The van der Waals surface area contributed by atoms with Crippen LogP contribution in [-0.2, 0) is 9.53 Å². The van der Waals surface area contributed by atoms with Gasteiger partial charge in [-0.05, 0) is 0 Å². The van der Waals surface area contributed by atoms with E-state index in [-0.39, 0.29) is 5.24 Å². The van der Waals surface area contributed by atoms with Gasteiger partial charge < -0.3 is 4.74 Å². The molecule has 1 aliphatic rings. The summed E-state index contributed by atoms with van der Waals surface area (Å²) in [6.45, 7) is 3.16. The summed E-state index contributed by atoms with van der Waals surface area (Å²) >= 11 is 1.24. The highest BCUT2D eigenvalue weighted by Crippen LogP contribution is 2.07. The van der Waals surface area contributed by atoms with Crippen LogP contribution in [-0.4, -0.2) is 30.3 Å². The highest BCUT2D eigenvalue weighted by molar-refractivity contribution is 8.14. The van der Waals surface area contributed by atoms with Crippen molar-refractivity contribution in [2.75, 3.05) is 12.9 Å². The number of esters is 1. The molecule has 0 aliphatic carbocycles. The highest BCUT2D eigenvalue weighted by Gasteiger charge is 2.01. The Morgan fingerprint density at radius 1 is 1.92 bits per heavy atom. The average Bonchev–Trinajstić information content (AvgIpc) is 2.55. The monoisotopic (exact) mass is 187 g/mol. The third kappa shape index (κ3) is 5.67. The van der Waals surface area contributed by atoms with Crippen molar-refractivity contribution in [3.8, 4) is 0 Å². The van der Waals surface area contributed by atoms with Gasteiger partial charge in [0.2, 0.25) is 0 Å². The fraction of sp³-hybridized carbons (Fsp3) is 0.286. The molecule has 1 aliphatic heterocycles. The first kappa shape index (κ1) is 10.9. The molecule has 0 atom stereocenters. The average molecular weight is 187 g/mol. The number of rotatable bonds is 1. The second kappa shape index (κ2) is 6.60. The normalized spacial score (nSPS) is 13.2. The third-order valence-electron chi connectivity index (χ3n) is 0.846. The Hall–Kier alpha value is -1.10. The second-order valence-electron chi connectivity index (χ2n) is 1.62. The molecule has 1 rings (SSSR count). The smallest absolute Gasteiger partial charge is 0.329 e. The van der Waals surface area contributed by atoms with Crippen molar-refractivity contribution in [3.05, 3.63) is 12.7 Å². The zero-order chi connectivity index (χ0) is 9.40. The molecule has 1 amide bonds. The largest absolute Gasteiger partial charge is 0.466 e. The lowest BCUT2D eigenvalue weighted by molar-refractivity contribution is -0.134. The van der Waals surface area contributed by atoms with Crippen molar-refractivity contribution in [2.24, 2.45) is 4.99 Å². The Morgan fingerprint density at radius 2 is 2.58 bits per heavy atom. The number of carbonyl (C=O) groups is 2. The van der Waals surface area contributed by atoms with Crippen LogP contribution in [0.25, 0.3) is 0 Å². The van der Waals surface area contributed by atoms with Gasteiger partial charge in [0.25, 0.3) is 0 Å². The molecule has 0 unspecified atom stereocenters. The zero-order valence-electron chi connectivity index (χ0n) is 6.65. The Kier molecular flexibility index (Phi) is 6.00. The van der Waals surface area contributed by atoms with E-state index in [1.807, 2.05) is 0 Å². The summed E-state index contributed by atoms with van der Waals surface area (Å²) in [5.74, 6) is 0.369. The minimum Gasteiger partial charge on any atom is -0.466 e. The Balaban J connectivity index is 0.000000202. The van der Waals surface area contributed by atoms with E-state index in [0.29, 0.717) is 0 Å². The molecule has 0 aromatic carbocycles. The fourth-order valence-electron chi connectivity index (χ4n) is 0.341. The Labute approximate surface area is 74.7 Å². The molecular formula is C7H9NO3S. The minimum atomic E-state index is -0.394. The zero-order valence-corrected chi connectivity index (χ0v) is 7.47. The van der Waals surface area contributed by atoms with Gasteiger partial charge in [0.1, 0.15) is 0 Å². The molecule has 4 nitrogen and oxygen atoms in total. The van der Waals surface area contributed by atoms with Crippen molar-refractivity contribution < 1.29 is 14.3 Å². The first-order valence-electron chi connectivity index (χ1n) is 3.10. The number of amides is 1. The van der Waals surface area contributed by atoms with Crippen LogP contribution in [0.2, 0.25) is 0 Å². The fourth-order valence-corrected chi connectivity index (χ4v) is 0.782. The van der Waals surface area contributed by atoms with E-state index in [9.17, 15) is 9.59 Å². The number of carbonyl (C=O) groups excluding carboxylic acids is 2. The molecule has 0 saturated carbocycles. The highest BCUT2D eigenvalue weighted by atomic mass is 32.2. The van der Waals surface area contributed by atoms with Crippen LogP contribution in [0, 0.1) is 0 Å². The van der Waals surface area contributed by atoms with Crippen molar-refractivity contribution >= 4 is 29.2 Å². The van der Waals surface area contributed by atoms with Crippen LogP contribution in [0.4, 0.5) is 4.79 Å². The third-order valence-corrected chi connectivity index (χ3v) is 1.51. The molecule has 0 bridgehead atoms. The van der Waals surface area contributed by atoms with E-state index < -0.39 is 5.97 Å². The number of ether oxygens (including phenoxy) is 1. The van der Waals surface area contributed by atoms with Gasteiger partial charge in [-0.25, -0.2) is 9.79 Å². The predicted octanol–water partition coefficient (Wildman–Crippen LogP) is 1.27. The van der Waals surface area contributed by atoms with Gasteiger partial charge in [-0.2, -0.15) is 0 Å². The molecule has 0 radical (unpaired) electrons. The first-order chi connectivity index (χ1) is 5.70. The molecule has 5 heteroatoms. The lowest BCUT2D eigenvalue weighted by atomic mass is 10.7. The van der Waals surface area contributed by atoms with E-state index in [4.69, 9.17) is 0 Å². The second-order valence-corrected chi connectivity index (χ2v) is 2.59. The molecule has 0 saturated heterocycles. The summed E-state index contributed by atoms with van der Waals surface area (Å²) in [6, 6.07) is 0. The van der Waals surface area contributed by atoms with E-state index in [1.165, 1.54) is 18.9 Å². The minimum absolute atomic E-state index is 0.0602. The summed E-state index contributed by atoms with van der Waals surface area (Å²) in [6.07, 6.45) is 2.73. The number of thioether (sulfide) groups is 1. The Morgan fingerprint density at radius 3 is 2.67 bits per heavy atom. The van der Waals surface area contributed by atoms with Crippen molar-refractivity contribution in [3.63, 3.8) is 0 Å². The molecular weight excluding hydrogens is 178 g/mol. The number of hydrogen-bond acceptors (Lipinski definition) is 4. The summed E-state index contributed by atoms with van der Waals surface area (Å²) < 4.78 is 4.14. The quantitative estimate of drug-likeness (QED) is 0.458. The lowest BCUT2D eigenvalue weighted by Crippen LogP contribution is -1.91. The summed E-state index contributed by atoms with van der Waals surface area (Å²) in [5.41, 5.74) is 0. The number of hydrogen-bond donors (Lipinski definition) is 0. The first-order valence-corrected chi connectivity index (χ1v) is 4.09. The van der Waals surface area contributed by atoms with Gasteiger partial charge in [-0.3, -0.25) is 4.79 Å². The van der Waals surface area contributed by atoms with Gasteiger partial charge >= 0.3 is 11.2 Å². The molecule has 0 spiro atoms. The molecule has 1 heterocycles. The van der Waals surface area contributed by atoms with Gasteiger partial charge in [0.05, 0.1) is 7.11 Å². The van der Waals surface area contributed by atoms with Gasteiger partial charge in [-0.1, -0.05) is 18.3 Å². The van der Waals surface area contributed by atoms with Crippen LogP contribution in [0.3, 0.4) is 0 Å². The van der Waals surface area contributed by atoms with Crippen molar-refractivity contribution in [2.45, 2.75) is 0 Å². The lowest BCUT2D eigenvalue weighted by Gasteiger charge is -1.83. The van der Waals surface area contributed by atoms with E-state index >= 15 is 0 Å². The number of methoxy groups -OCH3 is 1. The topological polar surface area (TPSA) is 55.7 Å². The summed E-state index contributed by atoms with van der Waals surface area (Å²) in [5, 5.41) is -0.0602. The van der Waals surface area contributed by atoms with Crippen LogP contribution >= 0.6 is 11.8 Å².